The smallest absolute Gasteiger partial charge is 0.0462 e. The first kappa shape index (κ1) is 10.5. The fraction of sp³-hybridized carbons (Fsp3) is 0.778. The number of hydrogen-bond acceptors (Lipinski definition) is 2. The maximum Gasteiger partial charge on any atom is 0.0462 e. The molecule has 1 atom stereocenters. The van der Waals surface area contributed by atoms with E-state index in [0.29, 0.717) is 6.04 Å². The molecule has 0 heterocycles. The molecule has 0 aliphatic carbocycles. The second-order valence-corrected chi connectivity index (χ2v) is 2.53. The van der Waals surface area contributed by atoms with Crippen molar-refractivity contribution in [3.05, 3.63) is 0 Å². The van der Waals surface area contributed by atoms with Gasteiger partial charge in [-0.3, -0.25) is 0 Å². The predicted octanol–water partition coefficient (Wildman–Crippen LogP) is 1.02. The van der Waals surface area contributed by atoms with Crippen LogP contribution in [0, 0.1) is 12.3 Å². The number of rotatable bonds is 6. The van der Waals surface area contributed by atoms with Gasteiger partial charge in [-0.2, -0.15) is 0 Å². The van der Waals surface area contributed by atoms with Gasteiger partial charge in [-0.25, -0.2) is 0 Å². The fourth-order valence-corrected chi connectivity index (χ4v) is 0.965. The molecule has 1 unspecified atom stereocenters. The maximum absolute atomic E-state index is 5.19. The number of terminal acetylenes is 1. The quantitative estimate of drug-likeness (QED) is 0.457. The Hall–Kier alpha value is -0.520. The SMILES string of the molecule is C#CCC(CCCOC)NC. The van der Waals surface area contributed by atoms with Gasteiger partial charge in [-0.05, 0) is 19.9 Å². The summed E-state index contributed by atoms with van der Waals surface area (Å²) in [6, 6.07) is 0.454. The number of ether oxygens (including phenoxy) is 1. The van der Waals surface area contributed by atoms with Crippen LogP contribution in [0.3, 0.4) is 0 Å². The Kier molecular flexibility index (Phi) is 7.23. The maximum atomic E-state index is 5.19. The van der Waals surface area contributed by atoms with Gasteiger partial charge >= 0.3 is 0 Å². The van der Waals surface area contributed by atoms with Gasteiger partial charge < -0.3 is 10.1 Å². The Labute approximate surface area is 69.3 Å². The predicted molar refractivity (Wildman–Crippen MR) is 47.4 cm³/mol. The van der Waals surface area contributed by atoms with Gasteiger partial charge in [-0.1, -0.05) is 0 Å². The van der Waals surface area contributed by atoms with Gasteiger partial charge in [0.1, 0.15) is 0 Å². The molecule has 64 valence electrons. The lowest BCUT2D eigenvalue weighted by molar-refractivity contribution is 0.189. The third kappa shape index (κ3) is 5.90. The van der Waals surface area contributed by atoms with Crippen LogP contribution >= 0.6 is 0 Å². The molecule has 0 aliphatic heterocycles. The van der Waals surface area contributed by atoms with Crippen LogP contribution in [0.2, 0.25) is 0 Å². The standard InChI is InChI=1S/C9H17NO/c1-4-6-9(10-2)7-5-8-11-3/h1,9-10H,5-8H2,2-3H3. The van der Waals surface area contributed by atoms with Gasteiger partial charge in [0.2, 0.25) is 0 Å². The lowest BCUT2D eigenvalue weighted by Crippen LogP contribution is -2.24. The molecule has 1 N–H and O–H groups in total. The summed E-state index contributed by atoms with van der Waals surface area (Å²) in [5, 5.41) is 3.16. The summed E-state index contributed by atoms with van der Waals surface area (Å²) in [4.78, 5) is 0. The van der Waals surface area contributed by atoms with E-state index in [1.807, 2.05) is 7.05 Å². The first-order valence-electron chi connectivity index (χ1n) is 3.94. The normalized spacial score (nSPS) is 12.5. The third-order valence-corrected chi connectivity index (χ3v) is 1.67. The fourth-order valence-electron chi connectivity index (χ4n) is 0.965. The Bertz CT molecular complexity index is 117. The highest BCUT2D eigenvalue weighted by molar-refractivity contribution is 4.89. The van der Waals surface area contributed by atoms with E-state index in [-0.39, 0.29) is 0 Å². The molecule has 2 nitrogen and oxygen atoms in total. The minimum absolute atomic E-state index is 0.454. The van der Waals surface area contributed by atoms with Crippen molar-refractivity contribution in [2.75, 3.05) is 20.8 Å². The zero-order valence-electron chi connectivity index (χ0n) is 7.39. The van der Waals surface area contributed by atoms with E-state index in [9.17, 15) is 0 Å². The number of methoxy groups -OCH3 is 1. The number of hydrogen-bond donors (Lipinski definition) is 1. The van der Waals surface area contributed by atoms with E-state index in [2.05, 4.69) is 11.2 Å². The van der Waals surface area contributed by atoms with Gasteiger partial charge in [0.15, 0.2) is 0 Å². The van der Waals surface area contributed by atoms with Crippen LogP contribution in [-0.4, -0.2) is 26.8 Å². The third-order valence-electron chi connectivity index (χ3n) is 1.67. The zero-order chi connectivity index (χ0) is 8.53. The molecular weight excluding hydrogens is 138 g/mol. The minimum atomic E-state index is 0.454. The lowest BCUT2D eigenvalue weighted by atomic mass is 10.1. The van der Waals surface area contributed by atoms with Crippen molar-refractivity contribution in [1.82, 2.24) is 5.32 Å². The van der Waals surface area contributed by atoms with Crippen molar-refractivity contribution in [1.29, 1.82) is 0 Å². The van der Waals surface area contributed by atoms with Crippen LogP contribution < -0.4 is 5.32 Å². The zero-order valence-corrected chi connectivity index (χ0v) is 7.39. The van der Waals surface area contributed by atoms with Crippen LogP contribution in [0.5, 0.6) is 0 Å². The van der Waals surface area contributed by atoms with E-state index in [1.54, 1.807) is 7.11 Å². The van der Waals surface area contributed by atoms with Crippen LogP contribution in [0.25, 0.3) is 0 Å². The van der Waals surface area contributed by atoms with E-state index >= 15 is 0 Å². The summed E-state index contributed by atoms with van der Waals surface area (Å²) >= 11 is 0. The van der Waals surface area contributed by atoms with E-state index in [4.69, 9.17) is 11.2 Å². The molecule has 0 spiro atoms. The van der Waals surface area contributed by atoms with E-state index in [0.717, 1.165) is 25.9 Å². The molecule has 0 amide bonds. The highest BCUT2D eigenvalue weighted by Gasteiger charge is 2.02. The summed E-state index contributed by atoms with van der Waals surface area (Å²) in [6.45, 7) is 0.822. The van der Waals surface area contributed by atoms with Gasteiger partial charge in [0, 0.05) is 26.2 Å². The van der Waals surface area contributed by atoms with Crippen molar-refractivity contribution in [2.24, 2.45) is 0 Å². The first-order valence-corrected chi connectivity index (χ1v) is 3.94. The van der Waals surface area contributed by atoms with Gasteiger partial charge in [0.25, 0.3) is 0 Å². The van der Waals surface area contributed by atoms with Crippen molar-refractivity contribution in [3.8, 4) is 12.3 Å². The van der Waals surface area contributed by atoms with E-state index < -0.39 is 0 Å². The van der Waals surface area contributed by atoms with Crippen molar-refractivity contribution in [2.45, 2.75) is 25.3 Å². The van der Waals surface area contributed by atoms with Crippen LogP contribution in [0.4, 0.5) is 0 Å². The second-order valence-electron chi connectivity index (χ2n) is 2.53. The molecule has 0 aliphatic rings. The molecule has 0 rings (SSSR count). The Morgan fingerprint density at radius 2 is 2.36 bits per heavy atom. The summed E-state index contributed by atoms with van der Waals surface area (Å²) < 4.78 is 4.94. The number of nitrogens with one attached hydrogen (secondary N) is 1. The average molecular weight is 155 g/mol. The summed E-state index contributed by atoms with van der Waals surface area (Å²) in [5.41, 5.74) is 0. The van der Waals surface area contributed by atoms with Crippen molar-refractivity contribution in [3.63, 3.8) is 0 Å². The highest BCUT2D eigenvalue weighted by Crippen LogP contribution is 2.00. The molecule has 2 heteroatoms. The summed E-state index contributed by atoms with van der Waals surface area (Å²) in [5.74, 6) is 2.64. The van der Waals surface area contributed by atoms with Crippen molar-refractivity contribution >= 4 is 0 Å². The minimum Gasteiger partial charge on any atom is -0.385 e. The average Bonchev–Trinajstić information content (AvgIpc) is 2.03. The molecule has 0 aromatic rings. The van der Waals surface area contributed by atoms with Gasteiger partial charge in [0.05, 0.1) is 0 Å². The molecule has 0 bridgehead atoms. The second kappa shape index (κ2) is 7.59. The Morgan fingerprint density at radius 1 is 1.64 bits per heavy atom. The van der Waals surface area contributed by atoms with Crippen LogP contribution in [0.1, 0.15) is 19.3 Å². The molecule has 0 fully saturated rings. The monoisotopic (exact) mass is 155 g/mol. The van der Waals surface area contributed by atoms with Crippen LogP contribution in [-0.2, 0) is 4.74 Å². The summed E-state index contributed by atoms with van der Waals surface area (Å²) in [7, 11) is 3.66. The molecule has 0 saturated carbocycles. The van der Waals surface area contributed by atoms with Gasteiger partial charge in [-0.15, -0.1) is 12.3 Å². The molecule has 0 saturated heterocycles. The van der Waals surface area contributed by atoms with Crippen molar-refractivity contribution < 1.29 is 4.74 Å². The van der Waals surface area contributed by atoms with Crippen LogP contribution in [0.15, 0.2) is 0 Å². The molecule has 0 aromatic heterocycles. The molecule has 0 radical (unpaired) electrons. The first-order chi connectivity index (χ1) is 5.35. The molecule has 11 heavy (non-hydrogen) atoms. The Balaban J connectivity index is 3.30. The highest BCUT2D eigenvalue weighted by atomic mass is 16.5. The lowest BCUT2D eigenvalue weighted by Gasteiger charge is -2.11. The molecule has 0 aromatic carbocycles. The summed E-state index contributed by atoms with van der Waals surface area (Å²) in [6.07, 6.45) is 8.16. The largest absolute Gasteiger partial charge is 0.385 e. The Morgan fingerprint density at radius 3 is 2.82 bits per heavy atom. The van der Waals surface area contributed by atoms with E-state index in [1.165, 1.54) is 0 Å². The topological polar surface area (TPSA) is 21.3 Å². The molecular formula is C9H17NO.